The van der Waals surface area contributed by atoms with E-state index in [2.05, 4.69) is 20.4 Å². The molecule has 0 aliphatic carbocycles. The van der Waals surface area contributed by atoms with Crippen molar-refractivity contribution in [3.8, 4) is 0 Å². The van der Waals surface area contributed by atoms with E-state index in [4.69, 9.17) is 0 Å². The largest absolute Gasteiger partial charge is 0.343 e. The van der Waals surface area contributed by atoms with Crippen LogP contribution in [0.1, 0.15) is 30.9 Å². The number of nitrogens with zero attached hydrogens (tertiary/aromatic N) is 6. The number of carbonyl (C=O) groups is 1. The summed E-state index contributed by atoms with van der Waals surface area (Å²) < 4.78 is 1.56. The van der Waals surface area contributed by atoms with Crippen LogP contribution in [0.2, 0.25) is 0 Å². The number of likely N-dealkylation sites (tertiary alicyclic amines) is 1. The third-order valence-electron chi connectivity index (χ3n) is 4.82. The minimum atomic E-state index is -0.413. The predicted molar refractivity (Wildman–Crippen MR) is 94.9 cm³/mol. The molecule has 0 radical (unpaired) electrons. The zero-order valence-corrected chi connectivity index (χ0v) is 14.8. The van der Waals surface area contributed by atoms with Gasteiger partial charge in [-0.2, -0.15) is 0 Å². The number of aromatic nitrogens is 4. The summed E-state index contributed by atoms with van der Waals surface area (Å²) in [5, 5.41) is 11.4. The number of benzene rings is 1. The van der Waals surface area contributed by atoms with Crippen LogP contribution in [-0.4, -0.2) is 69.1 Å². The molecule has 7 heteroatoms. The topological polar surface area (TPSA) is 67.2 Å². The number of hydrogen-bond donors (Lipinski definition) is 0. The van der Waals surface area contributed by atoms with Gasteiger partial charge in [0.05, 0.1) is 0 Å². The first-order valence-electron chi connectivity index (χ1n) is 8.98. The van der Waals surface area contributed by atoms with Crippen molar-refractivity contribution in [2.45, 2.75) is 31.7 Å². The highest BCUT2D eigenvalue weighted by Gasteiger charge is 2.25. The Morgan fingerprint density at radius 1 is 1.20 bits per heavy atom. The maximum Gasteiger partial charge on any atom is 0.247 e. The number of rotatable bonds is 7. The summed E-state index contributed by atoms with van der Waals surface area (Å²) in [6.45, 7) is 3.94. The Labute approximate surface area is 148 Å². The van der Waals surface area contributed by atoms with E-state index in [0.717, 1.165) is 31.7 Å². The number of tetrazole rings is 1. The Bertz CT molecular complexity index is 639. The van der Waals surface area contributed by atoms with Gasteiger partial charge in [0.25, 0.3) is 0 Å². The smallest absolute Gasteiger partial charge is 0.247 e. The number of piperidine rings is 1. The summed E-state index contributed by atoms with van der Waals surface area (Å²) in [5.41, 5.74) is 1.10. The summed E-state index contributed by atoms with van der Waals surface area (Å²) in [6.07, 6.45) is 5.95. The van der Waals surface area contributed by atoms with Crippen LogP contribution in [0, 0.1) is 0 Å². The van der Waals surface area contributed by atoms with Gasteiger partial charge >= 0.3 is 0 Å². The molecular weight excluding hydrogens is 316 g/mol. The molecule has 0 N–H and O–H groups in total. The standard InChI is InChI=1S/C18H26N6O/c1-22(12-13-23-10-6-3-7-11-23)18(25)17(24-15-19-20-21-24)14-16-8-4-2-5-9-16/h2,4-5,8-9,15,17H,3,6-7,10-14H2,1H3/t17-/m1/s1. The van der Waals surface area contributed by atoms with E-state index in [1.165, 1.54) is 25.6 Å². The summed E-state index contributed by atoms with van der Waals surface area (Å²) in [4.78, 5) is 17.3. The zero-order chi connectivity index (χ0) is 17.5. The van der Waals surface area contributed by atoms with Crippen molar-refractivity contribution in [2.75, 3.05) is 33.2 Å². The normalized spacial score (nSPS) is 16.5. The molecule has 1 aliphatic heterocycles. The number of likely N-dealkylation sites (N-methyl/N-ethyl adjacent to an activating group) is 1. The fourth-order valence-electron chi connectivity index (χ4n) is 3.28. The number of hydrogen-bond acceptors (Lipinski definition) is 5. The summed E-state index contributed by atoms with van der Waals surface area (Å²) >= 11 is 0. The van der Waals surface area contributed by atoms with Crippen LogP contribution in [0.3, 0.4) is 0 Å². The van der Waals surface area contributed by atoms with Crippen LogP contribution in [0.25, 0.3) is 0 Å². The van der Waals surface area contributed by atoms with Crippen LogP contribution in [-0.2, 0) is 11.2 Å². The van der Waals surface area contributed by atoms with E-state index in [0.29, 0.717) is 6.42 Å². The van der Waals surface area contributed by atoms with Crippen molar-refractivity contribution in [1.82, 2.24) is 30.0 Å². The van der Waals surface area contributed by atoms with E-state index in [-0.39, 0.29) is 5.91 Å². The second-order valence-corrected chi connectivity index (χ2v) is 6.66. The third-order valence-corrected chi connectivity index (χ3v) is 4.82. The zero-order valence-electron chi connectivity index (χ0n) is 14.8. The minimum Gasteiger partial charge on any atom is -0.343 e. The van der Waals surface area contributed by atoms with Crippen molar-refractivity contribution in [2.24, 2.45) is 0 Å². The van der Waals surface area contributed by atoms with E-state index >= 15 is 0 Å². The van der Waals surface area contributed by atoms with Gasteiger partial charge in [-0.3, -0.25) is 4.79 Å². The summed E-state index contributed by atoms with van der Waals surface area (Å²) in [7, 11) is 1.87. The molecular formula is C18H26N6O. The molecule has 1 aromatic carbocycles. The Balaban J connectivity index is 1.63. The lowest BCUT2D eigenvalue weighted by Crippen LogP contribution is -2.41. The third kappa shape index (κ3) is 4.85. The Hall–Kier alpha value is -2.28. The van der Waals surface area contributed by atoms with Crippen molar-refractivity contribution >= 4 is 5.91 Å². The lowest BCUT2D eigenvalue weighted by atomic mass is 10.1. The first-order valence-corrected chi connectivity index (χ1v) is 8.98. The van der Waals surface area contributed by atoms with Gasteiger partial charge in [0.15, 0.2) is 0 Å². The van der Waals surface area contributed by atoms with Gasteiger partial charge in [0, 0.05) is 26.6 Å². The molecule has 7 nitrogen and oxygen atoms in total. The van der Waals surface area contributed by atoms with Gasteiger partial charge in [0.2, 0.25) is 5.91 Å². The molecule has 1 aromatic heterocycles. The molecule has 0 unspecified atom stereocenters. The molecule has 1 fully saturated rings. The van der Waals surface area contributed by atoms with Gasteiger partial charge in [-0.25, -0.2) is 4.68 Å². The summed E-state index contributed by atoms with van der Waals surface area (Å²) in [5.74, 6) is 0.0492. The average Bonchev–Trinajstić information content (AvgIpc) is 3.20. The van der Waals surface area contributed by atoms with Crippen LogP contribution in [0.5, 0.6) is 0 Å². The van der Waals surface area contributed by atoms with Gasteiger partial charge in [-0.1, -0.05) is 36.8 Å². The van der Waals surface area contributed by atoms with Crippen LogP contribution in [0.15, 0.2) is 36.7 Å². The van der Waals surface area contributed by atoms with Crippen LogP contribution < -0.4 is 0 Å². The molecule has 134 valence electrons. The number of amides is 1. The fourth-order valence-corrected chi connectivity index (χ4v) is 3.28. The monoisotopic (exact) mass is 342 g/mol. The van der Waals surface area contributed by atoms with Gasteiger partial charge in [-0.15, -0.1) is 5.10 Å². The lowest BCUT2D eigenvalue weighted by molar-refractivity contribution is -0.134. The Morgan fingerprint density at radius 3 is 2.64 bits per heavy atom. The molecule has 25 heavy (non-hydrogen) atoms. The lowest BCUT2D eigenvalue weighted by Gasteiger charge is -2.29. The second kappa shape index (κ2) is 8.71. The first-order chi connectivity index (χ1) is 12.2. The highest BCUT2D eigenvalue weighted by molar-refractivity contribution is 5.80. The van der Waals surface area contributed by atoms with Crippen molar-refractivity contribution in [3.05, 3.63) is 42.2 Å². The van der Waals surface area contributed by atoms with E-state index < -0.39 is 6.04 Å². The number of carbonyl (C=O) groups excluding carboxylic acids is 1. The molecule has 1 amide bonds. The predicted octanol–water partition coefficient (Wildman–Crippen LogP) is 1.40. The molecule has 2 aromatic rings. The average molecular weight is 342 g/mol. The molecule has 2 heterocycles. The highest BCUT2D eigenvalue weighted by Crippen LogP contribution is 2.16. The van der Waals surface area contributed by atoms with Crippen molar-refractivity contribution < 1.29 is 4.79 Å². The van der Waals surface area contributed by atoms with Crippen molar-refractivity contribution in [1.29, 1.82) is 0 Å². The van der Waals surface area contributed by atoms with Gasteiger partial charge < -0.3 is 9.80 Å². The molecule has 0 saturated carbocycles. The maximum atomic E-state index is 13.0. The highest BCUT2D eigenvalue weighted by atomic mass is 16.2. The molecule has 0 spiro atoms. The second-order valence-electron chi connectivity index (χ2n) is 6.66. The van der Waals surface area contributed by atoms with Crippen LogP contribution >= 0.6 is 0 Å². The summed E-state index contributed by atoms with van der Waals surface area (Å²) in [6, 6.07) is 9.58. The fraction of sp³-hybridized carbons (Fsp3) is 0.556. The molecule has 1 aliphatic rings. The minimum absolute atomic E-state index is 0.0492. The Kier molecular flexibility index (Phi) is 6.11. The van der Waals surface area contributed by atoms with Crippen molar-refractivity contribution in [3.63, 3.8) is 0 Å². The SMILES string of the molecule is CN(CCN1CCCCC1)C(=O)[C@@H](Cc1ccccc1)n1cnnn1. The first kappa shape index (κ1) is 17.5. The van der Waals surface area contributed by atoms with Gasteiger partial charge in [0.1, 0.15) is 12.4 Å². The maximum absolute atomic E-state index is 13.0. The van der Waals surface area contributed by atoms with Crippen LogP contribution in [0.4, 0.5) is 0 Å². The molecule has 0 bridgehead atoms. The van der Waals surface area contributed by atoms with E-state index in [1.54, 1.807) is 4.68 Å². The molecule has 1 saturated heterocycles. The molecule has 3 rings (SSSR count). The van der Waals surface area contributed by atoms with E-state index in [1.807, 2.05) is 42.3 Å². The quantitative estimate of drug-likeness (QED) is 0.761. The van der Waals surface area contributed by atoms with Gasteiger partial charge in [-0.05, 0) is 41.9 Å². The Morgan fingerprint density at radius 2 is 1.96 bits per heavy atom. The van der Waals surface area contributed by atoms with E-state index in [9.17, 15) is 4.79 Å². The molecule has 1 atom stereocenters.